The van der Waals surface area contributed by atoms with Crippen LogP contribution in [0.2, 0.25) is 0 Å². The van der Waals surface area contributed by atoms with E-state index in [1.807, 2.05) is 11.8 Å². The van der Waals surface area contributed by atoms with E-state index in [-0.39, 0.29) is 21.6 Å². The van der Waals surface area contributed by atoms with Crippen LogP contribution in [0.25, 0.3) is 0 Å². The van der Waals surface area contributed by atoms with Gasteiger partial charge in [0.05, 0.1) is 16.1 Å². The Morgan fingerprint density at radius 2 is 1.51 bits per heavy atom. The predicted octanol–water partition coefficient (Wildman–Crippen LogP) is 5.74. The molecule has 0 spiro atoms. The molecule has 8 nitrogen and oxygen atoms in total. The molecule has 0 saturated carbocycles. The first-order valence-corrected chi connectivity index (χ1v) is 13.0. The lowest BCUT2D eigenvalue weighted by atomic mass is 9.87. The van der Waals surface area contributed by atoms with Crippen molar-refractivity contribution >= 4 is 33.3 Å². The second-order valence-electron chi connectivity index (χ2n) is 9.15. The lowest BCUT2D eigenvalue weighted by molar-refractivity contribution is -0.192. The van der Waals surface area contributed by atoms with Crippen molar-refractivity contribution in [2.75, 3.05) is 22.7 Å². The maximum Gasteiger partial charge on any atom is 0.490 e. The minimum absolute atomic E-state index is 0.0785. The smallest absolute Gasteiger partial charge is 0.478 e. The molecule has 0 aliphatic rings. The van der Waals surface area contributed by atoms with E-state index in [4.69, 9.17) is 9.90 Å². The van der Waals surface area contributed by atoms with Gasteiger partial charge >= 0.3 is 18.1 Å². The van der Waals surface area contributed by atoms with Gasteiger partial charge in [-0.25, -0.2) is 18.0 Å². The zero-order valence-corrected chi connectivity index (χ0v) is 22.2. The fourth-order valence-corrected chi connectivity index (χ4v) is 4.24. The van der Waals surface area contributed by atoms with Gasteiger partial charge in [-0.3, -0.25) is 4.72 Å². The minimum atomic E-state index is -5.08. The van der Waals surface area contributed by atoms with Gasteiger partial charge in [-0.05, 0) is 54.7 Å². The third kappa shape index (κ3) is 9.60. The Balaban J connectivity index is 0.000000856. The van der Waals surface area contributed by atoms with Crippen molar-refractivity contribution in [1.29, 1.82) is 0 Å². The average Bonchev–Trinajstić information content (AvgIpc) is 2.79. The molecule has 0 amide bonds. The first-order valence-electron chi connectivity index (χ1n) is 11.5. The number of halogens is 3. The van der Waals surface area contributed by atoms with Crippen LogP contribution in [0.3, 0.4) is 0 Å². The summed E-state index contributed by atoms with van der Waals surface area (Å²) < 4.78 is 59.8. The number of nitrogens with one attached hydrogen (secondary N) is 1. The lowest BCUT2D eigenvalue weighted by Gasteiger charge is -2.25. The molecule has 0 fully saturated rings. The van der Waals surface area contributed by atoms with Crippen molar-refractivity contribution in [3.63, 3.8) is 0 Å². The number of carboxylic acid groups (broad SMARTS) is 2. The second kappa shape index (κ2) is 12.8. The maximum absolute atomic E-state index is 12.8. The Kier molecular flexibility index (Phi) is 11.0. The highest BCUT2D eigenvalue weighted by atomic mass is 32.2. The molecular weight excluding hydrogens is 513 g/mol. The van der Waals surface area contributed by atoms with Crippen LogP contribution in [0, 0.1) is 0 Å². The second-order valence-corrected chi connectivity index (χ2v) is 10.8. The van der Waals surface area contributed by atoms with E-state index in [0.29, 0.717) is 12.2 Å². The van der Waals surface area contributed by atoms with Crippen molar-refractivity contribution in [2.45, 2.75) is 63.9 Å². The van der Waals surface area contributed by atoms with E-state index in [2.05, 4.69) is 32.4 Å². The van der Waals surface area contributed by atoms with Gasteiger partial charge in [-0.2, -0.15) is 13.2 Å². The molecule has 12 heteroatoms. The number of benzene rings is 2. The summed E-state index contributed by atoms with van der Waals surface area (Å²) in [6.07, 6.45) is -3.13. The predicted molar refractivity (Wildman–Crippen MR) is 136 cm³/mol. The summed E-state index contributed by atoms with van der Waals surface area (Å²) in [6, 6.07) is 11.4. The monoisotopic (exact) mass is 546 g/mol. The van der Waals surface area contributed by atoms with Crippen LogP contribution < -0.4 is 9.62 Å². The SMILES string of the molecule is CCCCN(CC)c1ccc(NS(=O)(=O)c2ccc(C(C)(C)C)cc2)cc1C(=O)O.O=C(O)C(F)(F)F. The standard InChI is InChI=1S/C23H32N2O4S.C2HF3O2/c1-6-8-15-25(7-2)21-14-11-18(16-20(21)22(26)27)24-30(28,29)19-12-9-17(10-13-19)23(3,4)5;3-2(4,5)1(6)7/h9-14,16,24H,6-8,15H2,1-5H3,(H,26,27);(H,6,7). The van der Waals surface area contributed by atoms with E-state index in [1.165, 1.54) is 6.07 Å². The summed E-state index contributed by atoms with van der Waals surface area (Å²) in [5, 5.41) is 16.8. The van der Waals surface area contributed by atoms with Crippen molar-refractivity contribution in [1.82, 2.24) is 0 Å². The van der Waals surface area contributed by atoms with Gasteiger partial charge in [0.25, 0.3) is 10.0 Å². The van der Waals surface area contributed by atoms with Crippen LogP contribution in [0.5, 0.6) is 0 Å². The molecule has 37 heavy (non-hydrogen) atoms. The molecule has 0 atom stereocenters. The largest absolute Gasteiger partial charge is 0.490 e. The van der Waals surface area contributed by atoms with Gasteiger partial charge < -0.3 is 15.1 Å². The molecule has 0 radical (unpaired) electrons. The highest BCUT2D eigenvalue weighted by Crippen LogP contribution is 2.28. The Morgan fingerprint density at radius 3 is 1.92 bits per heavy atom. The van der Waals surface area contributed by atoms with Gasteiger partial charge in [0, 0.05) is 18.8 Å². The first kappa shape index (κ1) is 31.7. The number of anilines is 2. The number of unbranched alkanes of at least 4 members (excludes halogenated alkanes) is 1. The number of rotatable bonds is 9. The summed E-state index contributed by atoms with van der Waals surface area (Å²) in [4.78, 5) is 22.9. The Hall–Kier alpha value is -3.28. The van der Waals surface area contributed by atoms with E-state index >= 15 is 0 Å². The van der Waals surface area contributed by atoms with Crippen LogP contribution in [0.1, 0.15) is 63.4 Å². The van der Waals surface area contributed by atoms with E-state index in [1.54, 1.807) is 36.4 Å². The van der Waals surface area contributed by atoms with Crippen molar-refractivity contribution in [2.24, 2.45) is 0 Å². The van der Waals surface area contributed by atoms with Gasteiger partial charge in [0.1, 0.15) is 0 Å². The van der Waals surface area contributed by atoms with Crippen molar-refractivity contribution < 1.29 is 41.4 Å². The molecule has 0 unspecified atom stereocenters. The van der Waals surface area contributed by atoms with E-state index in [9.17, 15) is 31.5 Å². The van der Waals surface area contributed by atoms with Crippen LogP contribution in [-0.4, -0.2) is 49.8 Å². The Morgan fingerprint density at radius 1 is 0.973 bits per heavy atom. The number of nitrogens with zero attached hydrogens (tertiary/aromatic N) is 1. The number of carboxylic acids is 2. The number of sulfonamides is 1. The number of aliphatic carboxylic acids is 1. The summed E-state index contributed by atoms with van der Waals surface area (Å²) in [5.41, 5.74) is 1.85. The molecule has 0 aliphatic carbocycles. The fraction of sp³-hybridized carbons (Fsp3) is 0.440. The Bertz CT molecular complexity index is 1170. The lowest BCUT2D eigenvalue weighted by Crippen LogP contribution is -2.26. The quantitative estimate of drug-likeness (QED) is 0.366. The van der Waals surface area contributed by atoms with E-state index < -0.39 is 28.1 Å². The molecule has 2 aromatic rings. The normalized spacial score (nSPS) is 11.8. The summed E-state index contributed by atoms with van der Waals surface area (Å²) >= 11 is 0. The number of hydrogen-bond donors (Lipinski definition) is 3. The van der Waals surface area contributed by atoms with Crippen molar-refractivity contribution in [3.8, 4) is 0 Å². The number of aromatic carboxylic acids is 1. The van der Waals surface area contributed by atoms with Crippen LogP contribution in [-0.2, 0) is 20.2 Å². The zero-order chi connectivity index (χ0) is 28.6. The number of hydrogen-bond acceptors (Lipinski definition) is 5. The zero-order valence-electron chi connectivity index (χ0n) is 21.4. The molecule has 206 valence electrons. The van der Waals surface area contributed by atoms with Gasteiger partial charge in [-0.1, -0.05) is 46.2 Å². The third-order valence-corrected chi connectivity index (χ3v) is 6.65. The molecule has 0 heterocycles. The highest BCUT2D eigenvalue weighted by Gasteiger charge is 2.38. The third-order valence-electron chi connectivity index (χ3n) is 5.26. The summed E-state index contributed by atoms with van der Waals surface area (Å²) in [5.74, 6) is -3.84. The molecular formula is C25H33F3N2O6S. The van der Waals surface area contributed by atoms with Gasteiger partial charge in [0.15, 0.2) is 0 Å². The molecule has 0 aromatic heterocycles. The number of alkyl halides is 3. The van der Waals surface area contributed by atoms with Gasteiger partial charge in [0.2, 0.25) is 0 Å². The minimum Gasteiger partial charge on any atom is -0.478 e. The van der Waals surface area contributed by atoms with E-state index in [0.717, 1.165) is 24.9 Å². The molecule has 0 saturated heterocycles. The first-order chi connectivity index (χ1) is 16.9. The molecule has 2 aromatic carbocycles. The van der Waals surface area contributed by atoms with Crippen molar-refractivity contribution in [3.05, 3.63) is 53.6 Å². The average molecular weight is 547 g/mol. The van der Waals surface area contributed by atoms with Gasteiger partial charge in [-0.15, -0.1) is 0 Å². The fourth-order valence-electron chi connectivity index (χ4n) is 3.19. The van der Waals surface area contributed by atoms with Crippen LogP contribution in [0.15, 0.2) is 47.4 Å². The maximum atomic E-state index is 12.8. The Labute approximate surface area is 215 Å². The molecule has 3 N–H and O–H groups in total. The molecule has 2 rings (SSSR count). The van der Waals surface area contributed by atoms with Crippen LogP contribution in [0.4, 0.5) is 24.5 Å². The van der Waals surface area contributed by atoms with Crippen LogP contribution >= 0.6 is 0 Å². The topological polar surface area (TPSA) is 124 Å². The number of carbonyl (C=O) groups is 2. The molecule has 0 aliphatic heterocycles. The summed E-state index contributed by atoms with van der Waals surface area (Å²) in [6.45, 7) is 11.7. The molecule has 0 bridgehead atoms. The highest BCUT2D eigenvalue weighted by molar-refractivity contribution is 7.92. The summed E-state index contributed by atoms with van der Waals surface area (Å²) in [7, 11) is -3.83.